The van der Waals surface area contributed by atoms with Crippen LogP contribution in [0.15, 0.2) is 48.5 Å². The van der Waals surface area contributed by atoms with Crippen molar-refractivity contribution in [3.8, 4) is 0 Å². The minimum absolute atomic E-state index is 0.128. The van der Waals surface area contributed by atoms with E-state index in [-0.39, 0.29) is 6.04 Å². The molecule has 0 aliphatic carbocycles. The molecule has 0 aromatic heterocycles. The summed E-state index contributed by atoms with van der Waals surface area (Å²) in [5, 5.41) is 7.63. The van der Waals surface area contributed by atoms with Crippen LogP contribution in [0.5, 0.6) is 0 Å². The minimum Gasteiger partial charge on any atom is -0.356 e. The van der Waals surface area contributed by atoms with Gasteiger partial charge in [0.1, 0.15) is 0 Å². The Morgan fingerprint density at radius 2 is 1.55 bits per heavy atom. The number of para-hydroxylation sites is 1. The summed E-state index contributed by atoms with van der Waals surface area (Å²) in [5.41, 5.74) is 3.35. The molecule has 4 heteroatoms. The molecular weight excluding hydrogens is 312 g/mol. The van der Waals surface area contributed by atoms with Gasteiger partial charge in [-0.3, -0.25) is 0 Å². The number of anilines is 1. The van der Waals surface area contributed by atoms with Crippen molar-refractivity contribution in [3.05, 3.63) is 64.7 Å². The zero-order chi connectivity index (χ0) is 16.1. The van der Waals surface area contributed by atoms with Gasteiger partial charge >= 0.3 is 0 Å². The van der Waals surface area contributed by atoms with Crippen molar-refractivity contribution in [2.24, 2.45) is 0 Å². The van der Waals surface area contributed by atoms with E-state index in [1.54, 1.807) is 0 Å². The molecule has 0 amide bonds. The Morgan fingerprint density at radius 1 is 0.955 bits per heavy atom. The van der Waals surface area contributed by atoms with Gasteiger partial charge < -0.3 is 10.6 Å². The van der Waals surface area contributed by atoms with Gasteiger partial charge in [-0.1, -0.05) is 61.8 Å². The molecule has 0 heterocycles. The molecule has 116 valence electrons. The van der Waals surface area contributed by atoms with Crippen molar-refractivity contribution in [2.45, 2.75) is 32.7 Å². The van der Waals surface area contributed by atoms with Gasteiger partial charge in [0.25, 0.3) is 0 Å². The van der Waals surface area contributed by atoms with E-state index < -0.39 is 0 Å². The summed E-state index contributed by atoms with van der Waals surface area (Å²) in [5.74, 6) is 0.542. The summed E-state index contributed by atoms with van der Waals surface area (Å²) in [4.78, 5) is 0. The molecule has 0 aliphatic rings. The molecule has 0 fully saturated rings. The molecule has 2 rings (SSSR count). The summed E-state index contributed by atoms with van der Waals surface area (Å²) in [6.07, 6.45) is 0. The number of benzene rings is 2. The third kappa shape index (κ3) is 4.46. The highest BCUT2D eigenvalue weighted by Crippen LogP contribution is 2.21. The van der Waals surface area contributed by atoms with E-state index in [0.29, 0.717) is 16.1 Å². The molecule has 2 aromatic carbocycles. The van der Waals surface area contributed by atoms with Crippen molar-refractivity contribution in [1.29, 1.82) is 0 Å². The summed E-state index contributed by atoms with van der Waals surface area (Å²) in [6, 6.07) is 16.3. The lowest BCUT2D eigenvalue weighted by Crippen LogP contribution is -2.31. The monoisotopic (exact) mass is 332 g/mol. The maximum atomic E-state index is 6.12. The lowest BCUT2D eigenvalue weighted by atomic mass is 10.00. The second-order valence-electron chi connectivity index (χ2n) is 5.62. The average molecular weight is 333 g/mol. The second-order valence-corrected chi connectivity index (χ2v) is 6.44. The first-order valence-electron chi connectivity index (χ1n) is 7.39. The lowest BCUT2D eigenvalue weighted by molar-refractivity contribution is 0.721. The van der Waals surface area contributed by atoms with E-state index in [0.717, 1.165) is 5.69 Å². The first-order chi connectivity index (χ1) is 10.5. The van der Waals surface area contributed by atoms with Crippen LogP contribution in [0.3, 0.4) is 0 Å². The van der Waals surface area contributed by atoms with E-state index in [1.807, 2.05) is 24.3 Å². The fraction of sp³-hybridized carbons (Fsp3) is 0.278. The zero-order valence-corrected chi connectivity index (χ0v) is 14.6. The summed E-state index contributed by atoms with van der Waals surface area (Å²) in [6.45, 7) is 6.48. The Balaban J connectivity index is 1.97. The minimum atomic E-state index is 0.128. The van der Waals surface area contributed by atoms with Crippen LogP contribution < -0.4 is 10.6 Å². The Kier molecular flexibility index (Phi) is 5.81. The molecule has 0 radical (unpaired) electrons. The van der Waals surface area contributed by atoms with Gasteiger partial charge in [-0.15, -0.1) is 0 Å². The van der Waals surface area contributed by atoms with E-state index >= 15 is 0 Å². The Morgan fingerprint density at radius 3 is 2.14 bits per heavy atom. The Bertz CT molecular complexity index is 638. The van der Waals surface area contributed by atoms with Gasteiger partial charge in [0.2, 0.25) is 0 Å². The Hall–Kier alpha value is -1.58. The molecule has 2 N–H and O–H groups in total. The van der Waals surface area contributed by atoms with Gasteiger partial charge in [-0.05, 0) is 48.3 Å². The second kappa shape index (κ2) is 7.61. The van der Waals surface area contributed by atoms with Crippen LogP contribution in [0.1, 0.15) is 43.9 Å². The molecule has 22 heavy (non-hydrogen) atoms. The number of hydrogen-bond acceptors (Lipinski definition) is 1. The lowest BCUT2D eigenvalue weighted by Gasteiger charge is -2.18. The maximum Gasteiger partial charge on any atom is 0.171 e. The van der Waals surface area contributed by atoms with E-state index in [9.17, 15) is 0 Å². The van der Waals surface area contributed by atoms with Crippen molar-refractivity contribution >= 4 is 34.6 Å². The fourth-order valence-electron chi connectivity index (χ4n) is 2.17. The third-order valence-electron chi connectivity index (χ3n) is 3.57. The molecule has 0 bridgehead atoms. The van der Waals surface area contributed by atoms with Gasteiger partial charge in [0.05, 0.1) is 16.8 Å². The van der Waals surface area contributed by atoms with Crippen LogP contribution in [-0.4, -0.2) is 5.11 Å². The number of rotatable bonds is 4. The molecular formula is C18H21ClN2S. The Labute approximate surface area is 142 Å². The summed E-state index contributed by atoms with van der Waals surface area (Å²) >= 11 is 11.5. The van der Waals surface area contributed by atoms with Crippen LogP contribution in [0.2, 0.25) is 5.02 Å². The maximum absolute atomic E-state index is 6.12. The highest BCUT2D eigenvalue weighted by Gasteiger charge is 2.09. The number of nitrogens with one attached hydrogen (secondary N) is 2. The smallest absolute Gasteiger partial charge is 0.171 e. The van der Waals surface area contributed by atoms with Crippen molar-refractivity contribution < 1.29 is 0 Å². The first-order valence-corrected chi connectivity index (χ1v) is 8.18. The van der Waals surface area contributed by atoms with Gasteiger partial charge in [-0.2, -0.15) is 0 Å². The molecule has 1 atom stereocenters. The van der Waals surface area contributed by atoms with Crippen molar-refractivity contribution in [3.63, 3.8) is 0 Å². The summed E-state index contributed by atoms with van der Waals surface area (Å²) in [7, 11) is 0. The quantitative estimate of drug-likeness (QED) is 0.722. The highest BCUT2D eigenvalue weighted by molar-refractivity contribution is 7.80. The highest BCUT2D eigenvalue weighted by atomic mass is 35.5. The standard InChI is InChI=1S/C18H21ClN2S/c1-12(2)14-8-10-15(11-9-14)13(3)20-18(22)21-17-7-5-4-6-16(17)19/h4-13H,1-3H3,(H2,20,21,22). The molecule has 2 nitrogen and oxygen atoms in total. The molecule has 0 spiro atoms. The van der Waals surface area contributed by atoms with Crippen molar-refractivity contribution in [1.82, 2.24) is 5.32 Å². The SMILES string of the molecule is CC(C)c1ccc(C(C)NC(=S)Nc2ccccc2Cl)cc1. The normalized spacial score (nSPS) is 12.0. The fourth-order valence-corrected chi connectivity index (χ4v) is 2.64. The van der Waals surface area contributed by atoms with Crippen molar-refractivity contribution in [2.75, 3.05) is 5.32 Å². The topological polar surface area (TPSA) is 24.1 Å². The van der Waals surface area contributed by atoms with E-state index in [4.69, 9.17) is 23.8 Å². The number of hydrogen-bond donors (Lipinski definition) is 2. The average Bonchev–Trinajstić information content (AvgIpc) is 2.49. The predicted molar refractivity (Wildman–Crippen MR) is 99.8 cm³/mol. The molecule has 1 unspecified atom stereocenters. The molecule has 0 aliphatic heterocycles. The predicted octanol–water partition coefficient (Wildman–Crippen LogP) is 5.51. The summed E-state index contributed by atoms with van der Waals surface area (Å²) < 4.78 is 0. The van der Waals surface area contributed by atoms with Crippen LogP contribution in [0.25, 0.3) is 0 Å². The van der Waals surface area contributed by atoms with Gasteiger partial charge in [0.15, 0.2) is 5.11 Å². The van der Waals surface area contributed by atoms with Crippen LogP contribution >= 0.6 is 23.8 Å². The molecule has 0 saturated heterocycles. The van der Waals surface area contributed by atoms with Crippen LogP contribution in [-0.2, 0) is 0 Å². The first kappa shape index (κ1) is 16.8. The van der Waals surface area contributed by atoms with E-state index in [2.05, 4.69) is 55.7 Å². The van der Waals surface area contributed by atoms with Gasteiger partial charge in [0, 0.05) is 0 Å². The van der Waals surface area contributed by atoms with E-state index in [1.165, 1.54) is 11.1 Å². The largest absolute Gasteiger partial charge is 0.356 e. The third-order valence-corrected chi connectivity index (χ3v) is 4.12. The number of thiocarbonyl (C=S) groups is 1. The molecule has 0 saturated carbocycles. The zero-order valence-electron chi connectivity index (χ0n) is 13.1. The van der Waals surface area contributed by atoms with Gasteiger partial charge in [-0.25, -0.2) is 0 Å². The molecule has 2 aromatic rings. The van der Waals surface area contributed by atoms with Crippen LogP contribution in [0, 0.1) is 0 Å². The number of halogens is 1. The van der Waals surface area contributed by atoms with Crippen LogP contribution in [0.4, 0.5) is 5.69 Å².